The molecule has 0 spiro atoms. The van der Waals surface area contributed by atoms with Crippen LogP contribution in [0.3, 0.4) is 0 Å². The number of aryl methyl sites for hydroxylation is 1. The molecule has 1 aliphatic heterocycles. The topological polar surface area (TPSA) is 129 Å². The Morgan fingerprint density at radius 2 is 1.76 bits per heavy atom. The second kappa shape index (κ2) is 11.4. The van der Waals surface area contributed by atoms with Crippen LogP contribution < -0.4 is 0 Å². The number of likely N-dealkylation sites (tertiary alicyclic amines) is 1. The van der Waals surface area contributed by atoms with Crippen molar-refractivity contribution in [3.05, 3.63) is 63.5 Å². The molecule has 1 aliphatic rings. The van der Waals surface area contributed by atoms with Crippen molar-refractivity contribution < 1.29 is 33.8 Å². The van der Waals surface area contributed by atoms with Gasteiger partial charge in [0.1, 0.15) is 11.5 Å². The molecule has 2 N–H and O–H groups in total. The van der Waals surface area contributed by atoms with Crippen LogP contribution in [-0.2, 0) is 19.1 Å². The maximum atomic E-state index is 13.3. The molecular formula is C27H33N3O7. The zero-order valence-electron chi connectivity index (χ0n) is 22.0. The van der Waals surface area contributed by atoms with E-state index in [9.17, 15) is 24.3 Å². The van der Waals surface area contributed by atoms with Gasteiger partial charge in [-0.3, -0.25) is 9.59 Å². The molecular weight excluding hydrogens is 478 g/mol. The minimum absolute atomic E-state index is 0.0821. The molecule has 10 heteroatoms. The number of Topliss-reactive ketones (excluding diaryl/α,β-unsaturated/α-hetero) is 1. The van der Waals surface area contributed by atoms with Crippen molar-refractivity contribution in [2.45, 2.75) is 33.2 Å². The average molecular weight is 512 g/mol. The summed E-state index contributed by atoms with van der Waals surface area (Å²) in [6, 6.07) is 5.49. The van der Waals surface area contributed by atoms with Crippen molar-refractivity contribution in [2.24, 2.45) is 0 Å². The van der Waals surface area contributed by atoms with E-state index in [1.165, 1.54) is 12.0 Å². The third-order valence-corrected chi connectivity index (χ3v) is 6.35. The highest BCUT2D eigenvalue weighted by atomic mass is 16.5. The number of methoxy groups -OCH3 is 1. The summed E-state index contributed by atoms with van der Waals surface area (Å²) in [5, 5.41) is 11.5. The van der Waals surface area contributed by atoms with Crippen LogP contribution in [0.25, 0.3) is 5.76 Å². The molecule has 1 aromatic carbocycles. The summed E-state index contributed by atoms with van der Waals surface area (Å²) in [6.45, 7) is 6.14. The van der Waals surface area contributed by atoms with Crippen molar-refractivity contribution in [3.63, 3.8) is 0 Å². The van der Waals surface area contributed by atoms with Crippen molar-refractivity contribution in [1.82, 2.24) is 14.8 Å². The quantitative estimate of drug-likeness (QED) is 0.228. The van der Waals surface area contributed by atoms with E-state index in [1.807, 2.05) is 19.0 Å². The Morgan fingerprint density at radius 3 is 2.32 bits per heavy atom. The number of H-pyrrole nitrogens is 1. The lowest BCUT2D eigenvalue weighted by Gasteiger charge is -2.26. The molecule has 0 saturated carbocycles. The predicted octanol–water partition coefficient (Wildman–Crippen LogP) is 2.97. The second-order valence-electron chi connectivity index (χ2n) is 9.11. The van der Waals surface area contributed by atoms with Crippen LogP contribution in [0.1, 0.15) is 62.6 Å². The van der Waals surface area contributed by atoms with E-state index in [1.54, 1.807) is 45.0 Å². The zero-order valence-corrected chi connectivity index (χ0v) is 22.0. The Kier molecular flexibility index (Phi) is 8.54. The number of ether oxygens (including phenoxy) is 2. The fourth-order valence-corrected chi connectivity index (χ4v) is 4.58. The molecule has 2 heterocycles. The average Bonchev–Trinajstić information content (AvgIpc) is 3.30. The van der Waals surface area contributed by atoms with Gasteiger partial charge in [-0.25, -0.2) is 9.59 Å². The number of aromatic nitrogens is 1. The number of ketones is 1. The summed E-state index contributed by atoms with van der Waals surface area (Å²) < 4.78 is 9.85. The lowest BCUT2D eigenvalue weighted by molar-refractivity contribution is -0.139. The van der Waals surface area contributed by atoms with Crippen LogP contribution in [0, 0.1) is 13.8 Å². The Balaban J connectivity index is 2.16. The molecule has 0 aliphatic carbocycles. The third-order valence-electron chi connectivity index (χ3n) is 6.35. The van der Waals surface area contributed by atoms with Gasteiger partial charge in [-0.1, -0.05) is 12.1 Å². The molecule has 1 amide bonds. The molecule has 3 rings (SSSR count). The van der Waals surface area contributed by atoms with Crippen molar-refractivity contribution in [2.75, 3.05) is 40.9 Å². The molecule has 0 unspecified atom stereocenters. The summed E-state index contributed by atoms with van der Waals surface area (Å²) in [4.78, 5) is 57.1. The fraction of sp³-hybridized carbons (Fsp3) is 0.407. The number of hydrogen-bond acceptors (Lipinski definition) is 8. The highest BCUT2D eigenvalue weighted by molar-refractivity contribution is 6.46. The normalized spacial score (nSPS) is 16.9. The Bertz CT molecular complexity index is 1240. The number of esters is 2. The van der Waals surface area contributed by atoms with Crippen molar-refractivity contribution in [3.8, 4) is 0 Å². The van der Waals surface area contributed by atoms with Crippen LogP contribution in [0.5, 0.6) is 0 Å². The maximum Gasteiger partial charge on any atom is 0.355 e. The summed E-state index contributed by atoms with van der Waals surface area (Å²) in [6.07, 6.45) is 0.603. The molecule has 37 heavy (non-hydrogen) atoms. The monoisotopic (exact) mass is 511 g/mol. The van der Waals surface area contributed by atoms with Gasteiger partial charge in [-0.2, -0.15) is 0 Å². The minimum Gasteiger partial charge on any atom is -0.507 e. The van der Waals surface area contributed by atoms with Crippen LogP contribution in [0.4, 0.5) is 0 Å². The van der Waals surface area contributed by atoms with Gasteiger partial charge in [-0.15, -0.1) is 0 Å². The fourth-order valence-electron chi connectivity index (χ4n) is 4.58. The SMILES string of the molecule is CCOC(=O)c1[nH]c(C)c(C(O)=C2C(=O)C(=O)N(CCCN(C)C)[C@H]2c2ccc(C(=O)OC)cc2)c1C. The van der Waals surface area contributed by atoms with E-state index < -0.39 is 29.7 Å². The van der Waals surface area contributed by atoms with E-state index in [-0.39, 0.29) is 35.7 Å². The molecule has 198 valence electrons. The first kappa shape index (κ1) is 27.7. The molecule has 1 aromatic heterocycles. The van der Waals surface area contributed by atoms with Crippen LogP contribution in [0.2, 0.25) is 0 Å². The van der Waals surface area contributed by atoms with Crippen LogP contribution in [0.15, 0.2) is 29.8 Å². The molecule has 0 radical (unpaired) electrons. The number of aliphatic hydroxyl groups excluding tert-OH is 1. The van der Waals surface area contributed by atoms with Gasteiger partial charge < -0.3 is 29.4 Å². The van der Waals surface area contributed by atoms with Crippen molar-refractivity contribution >= 4 is 29.4 Å². The maximum absolute atomic E-state index is 13.3. The first-order chi connectivity index (χ1) is 17.5. The number of nitrogens with zero attached hydrogens (tertiary/aromatic N) is 2. The van der Waals surface area contributed by atoms with Crippen LogP contribution in [-0.4, -0.2) is 84.4 Å². The van der Waals surface area contributed by atoms with E-state index in [0.29, 0.717) is 35.3 Å². The Morgan fingerprint density at radius 1 is 1.11 bits per heavy atom. The predicted molar refractivity (Wildman–Crippen MR) is 136 cm³/mol. The summed E-state index contributed by atoms with van der Waals surface area (Å²) in [5.41, 5.74) is 2.08. The molecule has 1 atom stereocenters. The summed E-state index contributed by atoms with van der Waals surface area (Å²) in [5.74, 6) is -3.02. The van der Waals surface area contributed by atoms with E-state index >= 15 is 0 Å². The number of nitrogens with one attached hydrogen (secondary N) is 1. The number of aromatic amines is 1. The highest BCUT2D eigenvalue weighted by Crippen LogP contribution is 2.41. The van der Waals surface area contributed by atoms with Gasteiger partial charge in [0.2, 0.25) is 0 Å². The Labute approximate surface area is 215 Å². The minimum atomic E-state index is -0.881. The number of aliphatic hydroxyl groups is 1. The summed E-state index contributed by atoms with van der Waals surface area (Å²) in [7, 11) is 5.10. The number of carbonyl (C=O) groups excluding carboxylic acids is 4. The number of amides is 1. The highest BCUT2D eigenvalue weighted by Gasteiger charge is 2.46. The lowest BCUT2D eigenvalue weighted by atomic mass is 9.93. The molecule has 0 bridgehead atoms. The third kappa shape index (κ3) is 5.43. The molecule has 10 nitrogen and oxygen atoms in total. The molecule has 1 fully saturated rings. The number of benzene rings is 1. The van der Waals surface area contributed by atoms with Gasteiger partial charge in [0.15, 0.2) is 0 Å². The van der Waals surface area contributed by atoms with Gasteiger partial charge >= 0.3 is 11.9 Å². The lowest BCUT2D eigenvalue weighted by Crippen LogP contribution is -2.32. The molecule has 2 aromatic rings. The van der Waals surface area contributed by atoms with E-state index in [4.69, 9.17) is 9.47 Å². The van der Waals surface area contributed by atoms with Gasteiger partial charge in [-0.05, 0) is 71.1 Å². The van der Waals surface area contributed by atoms with Gasteiger partial charge in [0, 0.05) is 17.8 Å². The van der Waals surface area contributed by atoms with Crippen molar-refractivity contribution in [1.29, 1.82) is 0 Å². The van der Waals surface area contributed by atoms with Gasteiger partial charge in [0.25, 0.3) is 11.7 Å². The van der Waals surface area contributed by atoms with E-state index in [2.05, 4.69) is 4.98 Å². The number of hydrogen-bond donors (Lipinski definition) is 2. The summed E-state index contributed by atoms with van der Waals surface area (Å²) >= 11 is 0. The first-order valence-corrected chi connectivity index (χ1v) is 12.0. The second-order valence-corrected chi connectivity index (χ2v) is 9.11. The van der Waals surface area contributed by atoms with E-state index in [0.717, 1.165) is 0 Å². The standard InChI is InChI=1S/C27H33N3O7/c1-7-37-27(35)21-15(2)19(16(3)28-21)23(31)20-22(17-9-11-18(12-10-17)26(34)36-6)30(25(33)24(20)32)14-8-13-29(4)5/h9-12,22,28,31H,7-8,13-14H2,1-6H3/t22-/m0/s1. The molecule has 1 saturated heterocycles. The number of rotatable bonds is 9. The largest absolute Gasteiger partial charge is 0.507 e. The smallest absolute Gasteiger partial charge is 0.355 e. The first-order valence-electron chi connectivity index (χ1n) is 12.0. The Hall–Kier alpha value is -3.92. The van der Waals surface area contributed by atoms with Crippen LogP contribution >= 0.6 is 0 Å². The number of carbonyl (C=O) groups is 4. The van der Waals surface area contributed by atoms with Gasteiger partial charge in [0.05, 0.1) is 30.9 Å². The zero-order chi connectivity index (χ0) is 27.4.